The Hall–Kier alpha value is -4.00. The highest BCUT2D eigenvalue weighted by molar-refractivity contribution is 5.87. The number of hydrogen-bond donors (Lipinski definition) is 0. The maximum absolute atomic E-state index is 11.6. The Balaban J connectivity index is 1.80. The van der Waals surface area contributed by atoms with Gasteiger partial charge < -0.3 is 14.5 Å². The van der Waals surface area contributed by atoms with Crippen molar-refractivity contribution in [2.75, 3.05) is 43.1 Å². The van der Waals surface area contributed by atoms with Crippen LogP contribution in [0.3, 0.4) is 0 Å². The van der Waals surface area contributed by atoms with E-state index in [0.717, 1.165) is 11.3 Å². The number of nitro benzene ring substituents is 1. The monoisotopic (exact) mass is 422 g/mol. The fourth-order valence-electron chi connectivity index (χ4n) is 3.40. The number of hydrogen-bond acceptors (Lipinski definition) is 9. The molecule has 0 radical (unpaired) electrons. The third-order valence-electron chi connectivity index (χ3n) is 5.28. The van der Waals surface area contributed by atoms with Crippen molar-refractivity contribution in [1.82, 2.24) is 10.2 Å². The summed E-state index contributed by atoms with van der Waals surface area (Å²) in [6, 6.07) is 7.05. The first kappa shape index (κ1) is 21.7. The lowest BCUT2D eigenvalue weighted by Gasteiger charge is -2.36. The molecule has 160 valence electrons. The Bertz CT molecular complexity index is 1080. The summed E-state index contributed by atoms with van der Waals surface area (Å²) >= 11 is 0. The van der Waals surface area contributed by atoms with Crippen molar-refractivity contribution in [3.05, 3.63) is 56.8 Å². The molecule has 1 aromatic carbocycles. The molecular formula is C21H22N6O4. The van der Waals surface area contributed by atoms with Crippen molar-refractivity contribution in [3.8, 4) is 6.07 Å². The molecule has 10 heteroatoms. The number of ether oxygens (including phenoxy) is 1. The van der Waals surface area contributed by atoms with Gasteiger partial charge in [-0.3, -0.25) is 10.1 Å². The zero-order chi connectivity index (χ0) is 22.5. The Labute approximate surface area is 179 Å². The first-order chi connectivity index (χ1) is 14.8. The number of methoxy groups -OCH3 is 1. The van der Waals surface area contributed by atoms with Crippen LogP contribution >= 0.6 is 0 Å². The van der Waals surface area contributed by atoms with E-state index in [2.05, 4.69) is 21.0 Å². The number of aromatic nitrogens is 2. The minimum absolute atomic E-state index is 0.0378. The van der Waals surface area contributed by atoms with Crippen LogP contribution < -0.4 is 9.80 Å². The summed E-state index contributed by atoms with van der Waals surface area (Å²) < 4.78 is 4.54. The number of aryl methyl sites for hydroxylation is 1. The average molecular weight is 422 g/mol. The summed E-state index contributed by atoms with van der Waals surface area (Å²) in [5.41, 5.74) is 3.03. The van der Waals surface area contributed by atoms with Crippen molar-refractivity contribution in [2.45, 2.75) is 13.8 Å². The van der Waals surface area contributed by atoms with Gasteiger partial charge in [0.1, 0.15) is 17.3 Å². The fourth-order valence-corrected chi connectivity index (χ4v) is 3.40. The molecule has 2 heterocycles. The van der Waals surface area contributed by atoms with E-state index >= 15 is 0 Å². The SMILES string of the molecule is COC(=O)/C=C\c1ccc(N2CCN(c3nnc(C)c(C)c3C#N)CC2)c([N+](=O)[O-])c1. The number of benzene rings is 1. The van der Waals surface area contributed by atoms with E-state index in [-0.39, 0.29) is 5.69 Å². The van der Waals surface area contributed by atoms with Gasteiger partial charge in [-0.2, -0.15) is 10.4 Å². The van der Waals surface area contributed by atoms with Crippen LogP contribution in [0.5, 0.6) is 0 Å². The molecule has 0 bridgehead atoms. The quantitative estimate of drug-likeness (QED) is 0.309. The van der Waals surface area contributed by atoms with E-state index in [1.807, 2.05) is 23.6 Å². The predicted molar refractivity (Wildman–Crippen MR) is 115 cm³/mol. The lowest BCUT2D eigenvalue weighted by Crippen LogP contribution is -2.47. The van der Waals surface area contributed by atoms with Crippen LogP contribution in [0.1, 0.15) is 22.4 Å². The van der Waals surface area contributed by atoms with Gasteiger partial charge >= 0.3 is 5.97 Å². The number of carbonyl (C=O) groups excluding carboxylic acids is 1. The molecule has 31 heavy (non-hydrogen) atoms. The molecule has 1 saturated heterocycles. The third-order valence-corrected chi connectivity index (χ3v) is 5.28. The lowest BCUT2D eigenvalue weighted by molar-refractivity contribution is -0.384. The van der Waals surface area contributed by atoms with Gasteiger partial charge in [-0.15, -0.1) is 5.10 Å². The Kier molecular flexibility index (Phi) is 6.45. The molecule has 0 N–H and O–H groups in total. The number of rotatable bonds is 5. The van der Waals surface area contributed by atoms with Gasteiger partial charge in [0.05, 0.1) is 17.7 Å². The molecule has 10 nitrogen and oxygen atoms in total. The molecule has 0 saturated carbocycles. The highest BCUT2D eigenvalue weighted by atomic mass is 16.6. The maximum Gasteiger partial charge on any atom is 0.330 e. The molecule has 0 spiro atoms. The van der Waals surface area contributed by atoms with Gasteiger partial charge in [0.25, 0.3) is 5.69 Å². The Morgan fingerprint density at radius 2 is 1.90 bits per heavy atom. The Morgan fingerprint density at radius 1 is 1.23 bits per heavy atom. The number of nitriles is 1. The molecule has 1 aromatic heterocycles. The number of nitro groups is 1. The highest BCUT2D eigenvalue weighted by Gasteiger charge is 2.26. The van der Waals surface area contributed by atoms with Gasteiger partial charge in [0.2, 0.25) is 0 Å². The van der Waals surface area contributed by atoms with Crippen LogP contribution in [0.25, 0.3) is 6.08 Å². The molecule has 3 rings (SSSR count). The summed E-state index contributed by atoms with van der Waals surface area (Å²) in [7, 11) is 1.26. The summed E-state index contributed by atoms with van der Waals surface area (Å²) in [6.45, 7) is 5.81. The van der Waals surface area contributed by atoms with Crippen LogP contribution in [0, 0.1) is 35.3 Å². The number of nitrogens with zero attached hydrogens (tertiary/aromatic N) is 6. The minimum atomic E-state index is -0.533. The molecule has 0 amide bonds. The summed E-state index contributed by atoms with van der Waals surface area (Å²) in [6.07, 6.45) is 2.69. The maximum atomic E-state index is 11.6. The first-order valence-corrected chi connectivity index (χ1v) is 9.64. The van der Waals surface area contributed by atoms with Crippen LogP contribution in [0.4, 0.5) is 17.2 Å². The largest absolute Gasteiger partial charge is 0.466 e. The second kappa shape index (κ2) is 9.21. The number of piperazine rings is 1. The van der Waals surface area contributed by atoms with E-state index < -0.39 is 10.9 Å². The standard InChI is InChI=1S/C21H22N6O4/c1-14-15(2)23-24-21(17(14)13-22)26-10-8-25(9-11-26)18-6-4-16(5-7-20(28)31-3)12-19(18)27(29)30/h4-7,12H,8-11H2,1-3H3/b7-5-. The molecule has 0 atom stereocenters. The first-order valence-electron chi connectivity index (χ1n) is 9.64. The second-order valence-corrected chi connectivity index (χ2v) is 7.06. The van der Waals surface area contributed by atoms with Crippen molar-refractivity contribution in [2.24, 2.45) is 0 Å². The average Bonchev–Trinajstić information content (AvgIpc) is 2.79. The molecule has 1 fully saturated rings. The van der Waals surface area contributed by atoms with E-state index in [0.29, 0.717) is 48.8 Å². The number of carbonyl (C=O) groups is 1. The van der Waals surface area contributed by atoms with E-state index in [1.165, 1.54) is 25.3 Å². The molecular weight excluding hydrogens is 400 g/mol. The summed E-state index contributed by atoms with van der Waals surface area (Å²) in [5.74, 6) is 0.0112. The third kappa shape index (κ3) is 4.61. The zero-order valence-corrected chi connectivity index (χ0v) is 17.5. The van der Waals surface area contributed by atoms with Crippen molar-refractivity contribution in [1.29, 1.82) is 5.26 Å². The molecule has 0 aliphatic carbocycles. The number of esters is 1. The zero-order valence-electron chi connectivity index (χ0n) is 17.5. The summed E-state index contributed by atoms with van der Waals surface area (Å²) in [5, 5.41) is 29.5. The van der Waals surface area contributed by atoms with Crippen LogP contribution in [0.15, 0.2) is 24.3 Å². The predicted octanol–water partition coefficient (Wildman–Crippen LogP) is 2.39. The lowest BCUT2D eigenvalue weighted by atomic mass is 10.1. The molecule has 0 unspecified atom stereocenters. The normalized spacial score (nSPS) is 13.9. The van der Waals surface area contributed by atoms with E-state index in [1.54, 1.807) is 12.1 Å². The molecule has 1 aliphatic rings. The van der Waals surface area contributed by atoms with Gasteiger partial charge in [-0.1, -0.05) is 6.07 Å². The van der Waals surface area contributed by atoms with Gasteiger partial charge in [0.15, 0.2) is 5.82 Å². The van der Waals surface area contributed by atoms with E-state index in [4.69, 9.17) is 0 Å². The van der Waals surface area contributed by atoms with Crippen LogP contribution in [-0.2, 0) is 9.53 Å². The Morgan fingerprint density at radius 3 is 2.52 bits per heavy atom. The van der Waals surface area contributed by atoms with Gasteiger partial charge in [-0.25, -0.2) is 4.79 Å². The van der Waals surface area contributed by atoms with Crippen molar-refractivity contribution < 1.29 is 14.5 Å². The topological polar surface area (TPSA) is 125 Å². The van der Waals surface area contributed by atoms with Crippen LogP contribution in [-0.4, -0.2) is 54.4 Å². The fraction of sp³-hybridized carbons (Fsp3) is 0.333. The second-order valence-electron chi connectivity index (χ2n) is 7.06. The van der Waals surface area contributed by atoms with Crippen molar-refractivity contribution in [3.63, 3.8) is 0 Å². The molecule has 1 aliphatic heterocycles. The smallest absolute Gasteiger partial charge is 0.330 e. The van der Waals surface area contributed by atoms with Gasteiger partial charge in [-0.05, 0) is 37.1 Å². The number of anilines is 2. The van der Waals surface area contributed by atoms with Crippen LogP contribution in [0.2, 0.25) is 0 Å². The van der Waals surface area contributed by atoms with Gasteiger partial charge in [0, 0.05) is 38.3 Å². The minimum Gasteiger partial charge on any atom is -0.466 e. The van der Waals surface area contributed by atoms with E-state index in [9.17, 15) is 20.2 Å². The van der Waals surface area contributed by atoms with Crippen molar-refractivity contribution >= 4 is 29.2 Å². The summed E-state index contributed by atoms with van der Waals surface area (Å²) in [4.78, 5) is 26.4. The molecule has 2 aromatic rings. The highest BCUT2D eigenvalue weighted by Crippen LogP contribution is 2.31.